The van der Waals surface area contributed by atoms with Gasteiger partial charge in [0, 0.05) is 6.54 Å². The minimum atomic E-state index is -3.08. The lowest BCUT2D eigenvalue weighted by Crippen LogP contribution is -2.72. The Kier molecular flexibility index (Phi) is 2.66. The van der Waals surface area contributed by atoms with Gasteiger partial charge in [-0.25, -0.2) is 8.42 Å². The van der Waals surface area contributed by atoms with Gasteiger partial charge in [-0.1, -0.05) is 0 Å². The van der Waals surface area contributed by atoms with Gasteiger partial charge in [0.25, 0.3) is 0 Å². The van der Waals surface area contributed by atoms with Crippen molar-refractivity contribution < 1.29 is 23.1 Å². The molecule has 1 N–H and O–H groups in total. The Morgan fingerprint density at radius 3 is 2.23 bits per heavy atom. The molecule has 2 heterocycles. The zero-order valence-corrected chi connectivity index (χ0v) is 13.3. The number of carboxylic acids is 1. The number of carbonyl (C=O) groups is 2. The zero-order valence-electron chi connectivity index (χ0n) is 12.5. The van der Waals surface area contributed by atoms with E-state index in [1.165, 1.54) is 0 Å². The van der Waals surface area contributed by atoms with Crippen LogP contribution in [0.1, 0.15) is 44.9 Å². The molecule has 1 unspecified atom stereocenters. The molecular formula is C15H21NO5S. The fraction of sp³-hybridized carbons (Fsp3) is 0.867. The van der Waals surface area contributed by atoms with Gasteiger partial charge in [-0.3, -0.25) is 9.59 Å². The summed E-state index contributed by atoms with van der Waals surface area (Å²) in [6.07, 6.45) is 4.31. The first-order valence-corrected chi connectivity index (χ1v) is 9.81. The van der Waals surface area contributed by atoms with Crippen LogP contribution in [0.15, 0.2) is 0 Å². The smallest absolute Gasteiger partial charge is 0.309 e. The highest BCUT2D eigenvalue weighted by Gasteiger charge is 2.76. The van der Waals surface area contributed by atoms with Crippen LogP contribution in [0.4, 0.5) is 0 Å². The molecule has 3 aliphatic carbocycles. The third-order valence-electron chi connectivity index (χ3n) is 6.37. The van der Waals surface area contributed by atoms with Crippen LogP contribution in [0.5, 0.6) is 0 Å². The normalized spacial score (nSPS) is 45.2. The first kappa shape index (κ1) is 14.5. The summed E-state index contributed by atoms with van der Waals surface area (Å²) >= 11 is 0. The van der Waals surface area contributed by atoms with E-state index in [1.807, 2.05) is 4.90 Å². The van der Waals surface area contributed by atoms with E-state index in [2.05, 4.69) is 0 Å². The van der Waals surface area contributed by atoms with Gasteiger partial charge in [-0.2, -0.15) is 0 Å². The van der Waals surface area contributed by atoms with E-state index in [0.29, 0.717) is 32.2 Å². The van der Waals surface area contributed by atoms with E-state index < -0.39 is 32.2 Å². The Labute approximate surface area is 129 Å². The minimum Gasteiger partial charge on any atom is -0.481 e. The second kappa shape index (κ2) is 4.04. The summed E-state index contributed by atoms with van der Waals surface area (Å²) in [4.78, 5) is 26.0. The van der Waals surface area contributed by atoms with Crippen LogP contribution < -0.4 is 0 Å². The number of rotatable bonds is 2. The van der Waals surface area contributed by atoms with Crippen molar-refractivity contribution in [3.63, 3.8) is 0 Å². The molecule has 0 aromatic rings. The number of likely N-dealkylation sites (tertiary alicyclic amines) is 1. The van der Waals surface area contributed by atoms with Crippen LogP contribution in [0.2, 0.25) is 0 Å². The van der Waals surface area contributed by atoms with Gasteiger partial charge < -0.3 is 10.0 Å². The SMILES string of the molecule is O=C(O)C12CC(C(=O)N3CCCC34CCCS(=O)(=O)C4)(C1)C2. The standard InChI is InChI=1S/C15H21NO5S/c17-11(13-7-14(8-13,9-13)12(18)19)16-5-1-3-15(16)4-2-6-22(20,21)10-15/h1-10H2,(H,18,19). The lowest BCUT2D eigenvalue weighted by atomic mass is 9.34. The summed E-state index contributed by atoms with van der Waals surface area (Å²) in [7, 11) is -3.08. The monoisotopic (exact) mass is 327 g/mol. The van der Waals surface area contributed by atoms with Crippen LogP contribution in [0.3, 0.4) is 0 Å². The molecule has 7 heteroatoms. The lowest BCUT2D eigenvalue weighted by Gasteiger charge is -2.68. The Balaban J connectivity index is 1.56. The number of hydrogen-bond acceptors (Lipinski definition) is 4. The first-order chi connectivity index (χ1) is 10.2. The van der Waals surface area contributed by atoms with Gasteiger partial charge in [0.05, 0.1) is 27.9 Å². The Morgan fingerprint density at radius 1 is 1.00 bits per heavy atom. The van der Waals surface area contributed by atoms with Crippen LogP contribution in [-0.2, 0) is 19.4 Å². The summed E-state index contributed by atoms with van der Waals surface area (Å²) in [6, 6.07) is 0. The topological polar surface area (TPSA) is 91.8 Å². The molecule has 2 bridgehead atoms. The Bertz CT molecular complexity index is 650. The van der Waals surface area contributed by atoms with Crippen molar-refractivity contribution in [3.05, 3.63) is 0 Å². The molecule has 6 nitrogen and oxygen atoms in total. The maximum atomic E-state index is 13.0. The predicted octanol–water partition coefficient (Wildman–Crippen LogP) is 0.811. The molecule has 5 fully saturated rings. The van der Waals surface area contributed by atoms with Gasteiger partial charge in [-0.05, 0) is 44.9 Å². The number of carbonyl (C=O) groups excluding carboxylic acids is 1. The molecule has 22 heavy (non-hydrogen) atoms. The maximum Gasteiger partial charge on any atom is 0.309 e. The molecule has 122 valence electrons. The summed E-state index contributed by atoms with van der Waals surface area (Å²) in [5, 5.41) is 9.20. The largest absolute Gasteiger partial charge is 0.481 e. The van der Waals surface area contributed by atoms with E-state index in [-0.39, 0.29) is 17.4 Å². The highest BCUT2D eigenvalue weighted by Crippen LogP contribution is 2.74. The van der Waals surface area contributed by atoms with Crippen LogP contribution in [-0.4, -0.2) is 53.9 Å². The van der Waals surface area contributed by atoms with Crippen molar-refractivity contribution >= 4 is 21.7 Å². The number of hydrogen-bond donors (Lipinski definition) is 1. The minimum absolute atomic E-state index is 0.0187. The molecule has 1 spiro atoms. The summed E-state index contributed by atoms with van der Waals surface area (Å²) < 4.78 is 24.1. The average molecular weight is 327 g/mol. The molecule has 2 aliphatic heterocycles. The Morgan fingerprint density at radius 2 is 1.64 bits per heavy atom. The molecule has 3 saturated carbocycles. The maximum absolute atomic E-state index is 13.0. The van der Waals surface area contributed by atoms with E-state index in [9.17, 15) is 23.1 Å². The van der Waals surface area contributed by atoms with E-state index in [4.69, 9.17) is 0 Å². The van der Waals surface area contributed by atoms with Crippen molar-refractivity contribution in [1.82, 2.24) is 4.90 Å². The molecule has 1 atom stereocenters. The molecular weight excluding hydrogens is 306 g/mol. The second-order valence-electron chi connectivity index (χ2n) is 7.88. The zero-order chi connectivity index (χ0) is 15.8. The molecule has 2 saturated heterocycles. The van der Waals surface area contributed by atoms with Gasteiger partial charge >= 0.3 is 5.97 Å². The molecule has 0 aromatic carbocycles. The fourth-order valence-electron chi connectivity index (χ4n) is 5.37. The van der Waals surface area contributed by atoms with E-state index >= 15 is 0 Å². The van der Waals surface area contributed by atoms with Gasteiger partial charge in [0.15, 0.2) is 9.84 Å². The highest BCUT2D eigenvalue weighted by molar-refractivity contribution is 7.91. The quantitative estimate of drug-likeness (QED) is 0.810. The van der Waals surface area contributed by atoms with E-state index in [1.54, 1.807) is 0 Å². The number of sulfone groups is 1. The van der Waals surface area contributed by atoms with Crippen LogP contribution in [0, 0.1) is 10.8 Å². The summed E-state index contributed by atoms with van der Waals surface area (Å²) in [6.45, 7) is 0.621. The molecule has 1 amide bonds. The number of nitrogens with zero attached hydrogens (tertiary/aromatic N) is 1. The second-order valence-corrected chi connectivity index (χ2v) is 10.1. The molecule has 5 aliphatic rings. The van der Waals surface area contributed by atoms with Crippen molar-refractivity contribution in [2.75, 3.05) is 18.1 Å². The summed E-state index contributed by atoms with van der Waals surface area (Å²) in [5.41, 5.74) is -1.68. The molecule has 0 aromatic heterocycles. The first-order valence-electron chi connectivity index (χ1n) is 7.99. The average Bonchev–Trinajstić information content (AvgIpc) is 2.65. The Hall–Kier alpha value is -1.11. The molecule has 5 rings (SSSR count). The highest BCUT2D eigenvalue weighted by atomic mass is 32.2. The summed E-state index contributed by atoms with van der Waals surface area (Å²) in [5.74, 6) is -0.459. The molecule has 0 radical (unpaired) electrons. The third kappa shape index (κ3) is 1.69. The van der Waals surface area contributed by atoms with Crippen molar-refractivity contribution in [2.45, 2.75) is 50.5 Å². The van der Waals surface area contributed by atoms with Crippen molar-refractivity contribution in [2.24, 2.45) is 10.8 Å². The van der Waals surface area contributed by atoms with Crippen molar-refractivity contribution in [3.8, 4) is 0 Å². The fourth-order valence-corrected chi connectivity index (χ4v) is 7.36. The number of amides is 1. The third-order valence-corrected chi connectivity index (χ3v) is 8.25. The number of carboxylic acid groups (broad SMARTS) is 1. The van der Waals surface area contributed by atoms with Crippen molar-refractivity contribution in [1.29, 1.82) is 0 Å². The number of aliphatic carboxylic acids is 1. The lowest BCUT2D eigenvalue weighted by molar-refractivity contribution is -0.228. The van der Waals surface area contributed by atoms with Crippen LogP contribution >= 0.6 is 0 Å². The van der Waals surface area contributed by atoms with Gasteiger partial charge in [-0.15, -0.1) is 0 Å². The van der Waals surface area contributed by atoms with E-state index in [0.717, 1.165) is 19.3 Å². The van der Waals surface area contributed by atoms with Gasteiger partial charge in [0.1, 0.15) is 0 Å². The van der Waals surface area contributed by atoms with Crippen LogP contribution in [0.25, 0.3) is 0 Å². The predicted molar refractivity (Wildman–Crippen MR) is 77.9 cm³/mol. The van der Waals surface area contributed by atoms with Gasteiger partial charge in [0.2, 0.25) is 5.91 Å².